The first-order chi connectivity index (χ1) is 8.61. The van der Waals surface area contributed by atoms with Crippen LogP contribution in [0.3, 0.4) is 0 Å². The summed E-state index contributed by atoms with van der Waals surface area (Å²) in [6, 6.07) is 8.44. The maximum atomic E-state index is 11.5. The van der Waals surface area contributed by atoms with E-state index in [4.69, 9.17) is 0 Å². The number of amides is 1. The van der Waals surface area contributed by atoms with Gasteiger partial charge in [-0.05, 0) is 38.2 Å². The van der Waals surface area contributed by atoms with Crippen molar-refractivity contribution in [3.05, 3.63) is 28.7 Å². The second-order valence-electron chi connectivity index (χ2n) is 4.05. The number of carbonyl (C=O) groups excluding carboxylic acids is 1. The SMILES string of the molecule is CNC(C)CNC(=O)CCSc1ccc(Br)cc1. The maximum absolute atomic E-state index is 11.5. The summed E-state index contributed by atoms with van der Waals surface area (Å²) in [5.41, 5.74) is 0. The average Bonchev–Trinajstić information content (AvgIpc) is 2.38. The Balaban J connectivity index is 2.17. The highest BCUT2D eigenvalue weighted by molar-refractivity contribution is 9.10. The van der Waals surface area contributed by atoms with Crippen LogP contribution in [0.1, 0.15) is 13.3 Å². The molecule has 0 fully saturated rings. The van der Waals surface area contributed by atoms with E-state index in [0.717, 1.165) is 10.2 Å². The summed E-state index contributed by atoms with van der Waals surface area (Å²) in [4.78, 5) is 12.7. The van der Waals surface area contributed by atoms with Gasteiger partial charge in [0.25, 0.3) is 0 Å². The normalized spacial score (nSPS) is 12.2. The molecule has 1 atom stereocenters. The number of carbonyl (C=O) groups is 1. The first kappa shape index (κ1) is 15.5. The standard InChI is InChI=1S/C13H19BrN2OS/c1-10(15-2)9-16-13(17)7-8-18-12-5-3-11(14)4-6-12/h3-6,10,15H,7-9H2,1-2H3,(H,16,17). The molecule has 0 saturated heterocycles. The molecule has 0 bridgehead atoms. The minimum Gasteiger partial charge on any atom is -0.355 e. The summed E-state index contributed by atoms with van der Waals surface area (Å²) in [5.74, 6) is 0.920. The molecular weight excluding hydrogens is 312 g/mol. The zero-order chi connectivity index (χ0) is 13.4. The zero-order valence-electron chi connectivity index (χ0n) is 10.7. The highest BCUT2D eigenvalue weighted by atomic mass is 79.9. The maximum Gasteiger partial charge on any atom is 0.220 e. The Hall–Kier alpha value is -0.520. The number of nitrogens with one attached hydrogen (secondary N) is 2. The number of benzene rings is 1. The van der Waals surface area contributed by atoms with E-state index < -0.39 is 0 Å². The van der Waals surface area contributed by atoms with Gasteiger partial charge < -0.3 is 10.6 Å². The fraction of sp³-hybridized carbons (Fsp3) is 0.462. The monoisotopic (exact) mass is 330 g/mol. The van der Waals surface area contributed by atoms with E-state index in [1.54, 1.807) is 11.8 Å². The van der Waals surface area contributed by atoms with Gasteiger partial charge in [-0.25, -0.2) is 0 Å². The fourth-order valence-electron chi connectivity index (χ4n) is 1.25. The van der Waals surface area contributed by atoms with E-state index in [-0.39, 0.29) is 5.91 Å². The van der Waals surface area contributed by atoms with Crippen molar-refractivity contribution < 1.29 is 4.79 Å². The molecule has 0 heterocycles. The second kappa shape index (κ2) is 8.56. The van der Waals surface area contributed by atoms with Crippen molar-refractivity contribution in [2.45, 2.75) is 24.3 Å². The first-order valence-electron chi connectivity index (χ1n) is 5.94. The minimum absolute atomic E-state index is 0.113. The van der Waals surface area contributed by atoms with Gasteiger partial charge in [-0.1, -0.05) is 15.9 Å². The third-order valence-electron chi connectivity index (χ3n) is 2.51. The highest BCUT2D eigenvalue weighted by Crippen LogP contribution is 2.20. The molecule has 0 radical (unpaired) electrons. The lowest BCUT2D eigenvalue weighted by atomic mass is 10.3. The van der Waals surface area contributed by atoms with Crippen LogP contribution in [0.25, 0.3) is 0 Å². The topological polar surface area (TPSA) is 41.1 Å². The highest BCUT2D eigenvalue weighted by Gasteiger charge is 2.04. The fourth-order valence-corrected chi connectivity index (χ4v) is 2.37. The van der Waals surface area contributed by atoms with Gasteiger partial charge in [0, 0.05) is 34.1 Å². The van der Waals surface area contributed by atoms with E-state index >= 15 is 0 Å². The molecule has 100 valence electrons. The first-order valence-corrected chi connectivity index (χ1v) is 7.72. The van der Waals surface area contributed by atoms with E-state index in [9.17, 15) is 4.79 Å². The Bertz CT molecular complexity index is 370. The van der Waals surface area contributed by atoms with Gasteiger partial charge in [-0.15, -0.1) is 11.8 Å². The van der Waals surface area contributed by atoms with Crippen LogP contribution in [0.15, 0.2) is 33.6 Å². The molecule has 1 amide bonds. The summed E-state index contributed by atoms with van der Waals surface area (Å²) >= 11 is 5.10. The lowest BCUT2D eigenvalue weighted by Crippen LogP contribution is -2.37. The molecule has 1 unspecified atom stereocenters. The van der Waals surface area contributed by atoms with Gasteiger partial charge in [0.2, 0.25) is 5.91 Å². The second-order valence-corrected chi connectivity index (χ2v) is 6.13. The van der Waals surface area contributed by atoms with Crippen LogP contribution in [0.4, 0.5) is 0 Å². The van der Waals surface area contributed by atoms with Crippen molar-refractivity contribution in [3.8, 4) is 0 Å². The molecule has 0 aliphatic heterocycles. The predicted molar refractivity (Wildman–Crippen MR) is 81.0 cm³/mol. The molecule has 0 spiro atoms. The molecule has 0 aromatic heterocycles. The van der Waals surface area contributed by atoms with Crippen LogP contribution >= 0.6 is 27.7 Å². The number of rotatable bonds is 7. The molecule has 5 heteroatoms. The molecule has 2 N–H and O–H groups in total. The minimum atomic E-state index is 0.113. The molecule has 0 aliphatic carbocycles. The van der Waals surface area contributed by atoms with Crippen molar-refractivity contribution >= 4 is 33.6 Å². The molecule has 1 aromatic rings. The molecule has 0 aliphatic rings. The van der Waals surface area contributed by atoms with Crippen LogP contribution in [0.5, 0.6) is 0 Å². The number of halogens is 1. The third kappa shape index (κ3) is 6.42. The molecular formula is C13H19BrN2OS. The van der Waals surface area contributed by atoms with Crippen molar-refractivity contribution in [2.75, 3.05) is 19.3 Å². The van der Waals surface area contributed by atoms with Gasteiger partial charge in [0.1, 0.15) is 0 Å². The predicted octanol–water partition coefficient (Wildman–Crippen LogP) is 2.66. The Labute approximate surface area is 121 Å². The summed E-state index contributed by atoms with van der Waals surface area (Å²) in [7, 11) is 1.89. The lowest BCUT2D eigenvalue weighted by Gasteiger charge is -2.11. The Kier molecular flexibility index (Phi) is 7.39. The number of hydrogen-bond acceptors (Lipinski definition) is 3. The van der Waals surface area contributed by atoms with E-state index in [1.165, 1.54) is 4.90 Å². The van der Waals surface area contributed by atoms with Crippen molar-refractivity contribution in [3.63, 3.8) is 0 Å². The summed E-state index contributed by atoms with van der Waals surface area (Å²) < 4.78 is 1.07. The van der Waals surface area contributed by atoms with Gasteiger partial charge in [0.05, 0.1) is 0 Å². The van der Waals surface area contributed by atoms with Gasteiger partial charge in [0.15, 0.2) is 0 Å². The Morgan fingerprint density at radius 3 is 2.67 bits per heavy atom. The summed E-state index contributed by atoms with van der Waals surface area (Å²) in [6.45, 7) is 2.72. The van der Waals surface area contributed by atoms with Crippen LogP contribution in [0, 0.1) is 0 Å². The Morgan fingerprint density at radius 2 is 2.06 bits per heavy atom. The van der Waals surface area contributed by atoms with Crippen LogP contribution in [-0.4, -0.2) is 31.3 Å². The average molecular weight is 331 g/mol. The lowest BCUT2D eigenvalue weighted by molar-refractivity contribution is -0.120. The molecule has 1 rings (SSSR count). The number of thioether (sulfide) groups is 1. The summed E-state index contributed by atoms with van der Waals surface area (Å²) in [5, 5.41) is 5.99. The largest absolute Gasteiger partial charge is 0.355 e. The van der Waals surface area contributed by atoms with Gasteiger partial charge in [-0.3, -0.25) is 4.79 Å². The van der Waals surface area contributed by atoms with Crippen LogP contribution in [0.2, 0.25) is 0 Å². The Morgan fingerprint density at radius 1 is 1.39 bits per heavy atom. The van der Waals surface area contributed by atoms with E-state index in [0.29, 0.717) is 19.0 Å². The van der Waals surface area contributed by atoms with E-state index in [2.05, 4.69) is 38.7 Å². The molecule has 0 saturated carbocycles. The molecule has 18 heavy (non-hydrogen) atoms. The van der Waals surface area contributed by atoms with Gasteiger partial charge in [-0.2, -0.15) is 0 Å². The van der Waals surface area contributed by atoms with Crippen molar-refractivity contribution in [2.24, 2.45) is 0 Å². The van der Waals surface area contributed by atoms with Crippen LogP contribution < -0.4 is 10.6 Å². The number of likely N-dealkylation sites (N-methyl/N-ethyl adjacent to an activating group) is 1. The van der Waals surface area contributed by atoms with Crippen LogP contribution in [-0.2, 0) is 4.79 Å². The molecule has 1 aromatic carbocycles. The molecule has 3 nitrogen and oxygen atoms in total. The third-order valence-corrected chi connectivity index (χ3v) is 4.05. The van der Waals surface area contributed by atoms with Gasteiger partial charge >= 0.3 is 0 Å². The smallest absolute Gasteiger partial charge is 0.220 e. The van der Waals surface area contributed by atoms with Crippen molar-refractivity contribution in [1.82, 2.24) is 10.6 Å². The zero-order valence-corrected chi connectivity index (χ0v) is 13.1. The summed E-state index contributed by atoms with van der Waals surface area (Å²) in [6.07, 6.45) is 0.553. The van der Waals surface area contributed by atoms with E-state index in [1.807, 2.05) is 26.1 Å². The number of hydrogen-bond donors (Lipinski definition) is 2. The quantitative estimate of drug-likeness (QED) is 0.755. The van der Waals surface area contributed by atoms with Crippen molar-refractivity contribution in [1.29, 1.82) is 0 Å².